The maximum Gasteiger partial charge on any atom is 0.277 e. The van der Waals surface area contributed by atoms with Crippen LogP contribution in [-0.2, 0) is 10.2 Å². The Hall–Kier alpha value is -2.92. The predicted molar refractivity (Wildman–Crippen MR) is 111 cm³/mol. The topological polar surface area (TPSA) is 50.7 Å². The molecule has 1 N–H and O–H groups in total. The van der Waals surface area contributed by atoms with E-state index in [1.807, 2.05) is 60.0 Å². The van der Waals surface area contributed by atoms with E-state index in [9.17, 15) is 4.79 Å². The highest BCUT2D eigenvalue weighted by molar-refractivity contribution is 7.11. The predicted octanol–water partition coefficient (Wildman–Crippen LogP) is 4.60. The lowest BCUT2D eigenvalue weighted by Gasteiger charge is -2.26. The Bertz CT molecular complexity index is 886. The van der Waals surface area contributed by atoms with Crippen molar-refractivity contribution in [2.45, 2.75) is 19.3 Å². The summed E-state index contributed by atoms with van der Waals surface area (Å²) in [4.78, 5) is 12.8. The smallest absolute Gasteiger partial charge is 0.277 e. The van der Waals surface area contributed by atoms with Crippen molar-refractivity contribution in [3.8, 4) is 5.75 Å². The van der Waals surface area contributed by atoms with E-state index in [1.54, 1.807) is 17.6 Å². The SMILES string of the molecule is CC(C)(c1ccccc1)c1ccc(OCC(=O)NN=Cc2cccs2)cc1. The molecular weight excluding hydrogens is 356 g/mol. The van der Waals surface area contributed by atoms with Gasteiger partial charge in [-0.25, -0.2) is 5.43 Å². The van der Waals surface area contributed by atoms with Gasteiger partial charge in [-0.1, -0.05) is 62.4 Å². The van der Waals surface area contributed by atoms with Gasteiger partial charge in [-0.2, -0.15) is 5.10 Å². The zero-order valence-electron chi connectivity index (χ0n) is 15.4. The van der Waals surface area contributed by atoms with Gasteiger partial charge in [0.15, 0.2) is 6.61 Å². The minimum Gasteiger partial charge on any atom is -0.484 e. The summed E-state index contributed by atoms with van der Waals surface area (Å²) in [6.07, 6.45) is 1.61. The van der Waals surface area contributed by atoms with Gasteiger partial charge >= 0.3 is 0 Å². The summed E-state index contributed by atoms with van der Waals surface area (Å²) in [5, 5.41) is 5.87. The molecule has 1 aromatic heterocycles. The van der Waals surface area contributed by atoms with Crippen molar-refractivity contribution in [1.29, 1.82) is 0 Å². The van der Waals surface area contributed by atoms with E-state index in [-0.39, 0.29) is 17.9 Å². The van der Waals surface area contributed by atoms with Crippen molar-refractivity contribution < 1.29 is 9.53 Å². The first kappa shape index (κ1) is 18.9. The van der Waals surface area contributed by atoms with Crippen LogP contribution >= 0.6 is 11.3 Å². The Kier molecular flexibility index (Phi) is 6.04. The number of nitrogens with one attached hydrogen (secondary N) is 1. The summed E-state index contributed by atoms with van der Waals surface area (Å²) in [5.74, 6) is 0.358. The van der Waals surface area contributed by atoms with Crippen LogP contribution in [0.1, 0.15) is 29.9 Å². The zero-order chi connectivity index (χ0) is 19.1. The minimum absolute atomic E-state index is 0.0802. The fourth-order valence-electron chi connectivity index (χ4n) is 2.70. The fraction of sp³-hybridized carbons (Fsp3) is 0.182. The highest BCUT2D eigenvalue weighted by atomic mass is 32.1. The zero-order valence-corrected chi connectivity index (χ0v) is 16.2. The second-order valence-corrected chi connectivity index (χ2v) is 7.59. The number of rotatable bonds is 7. The van der Waals surface area contributed by atoms with E-state index in [0.717, 1.165) is 4.88 Å². The average molecular weight is 378 g/mol. The van der Waals surface area contributed by atoms with Gasteiger partial charge < -0.3 is 4.74 Å². The molecule has 0 aliphatic carbocycles. The van der Waals surface area contributed by atoms with Crippen molar-refractivity contribution in [3.05, 3.63) is 88.1 Å². The monoisotopic (exact) mass is 378 g/mol. The van der Waals surface area contributed by atoms with Crippen LogP contribution in [0.3, 0.4) is 0 Å². The van der Waals surface area contributed by atoms with E-state index >= 15 is 0 Å². The summed E-state index contributed by atoms with van der Waals surface area (Å²) >= 11 is 1.55. The van der Waals surface area contributed by atoms with Crippen molar-refractivity contribution in [3.63, 3.8) is 0 Å². The molecule has 1 amide bonds. The van der Waals surface area contributed by atoms with Gasteiger partial charge in [0.1, 0.15) is 5.75 Å². The lowest BCUT2D eigenvalue weighted by atomic mass is 9.78. The fourth-order valence-corrected chi connectivity index (χ4v) is 3.29. The second kappa shape index (κ2) is 8.64. The Balaban J connectivity index is 1.54. The molecule has 0 atom stereocenters. The van der Waals surface area contributed by atoms with Crippen molar-refractivity contribution in [2.24, 2.45) is 5.10 Å². The van der Waals surface area contributed by atoms with Gasteiger partial charge in [0.25, 0.3) is 5.91 Å². The summed E-state index contributed by atoms with van der Waals surface area (Å²) in [7, 11) is 0. The normalized spacial score (nSPS) is 11.5. The highest BCUT2D eigenvalue weighted by Crippen LogP contribution is 2.32. The molecule has 0 fully saturated rings. The Morgan fingerprint density at radius 2 is 1.74 bits per heavy atom. The van der Waals surface area contributed by atoms with Crippen LogP contribution < -0.4 is 10.2 Å². The van der Waals surface area contributed by atoms with Crippen LogP contribution in [0.25, 0.3) is 0 Å². The van der Waals surface area contributed by atoms with Crippen LogP contribution in [0.5, 0.6) is 5.75 Å². The van der Waals surface area contributed by atoms with E-state index in [1.165, 1.54) is 11.1 Å². The highest BCUT2D eigenvalue weighted by Gasteiger charge is 2.22. The Labute approximate surface area is 163 Å². The number of amides is 1. The lowest BCUT2D eigenvalue weighted by molar-refractivity contribution is -0.123. The third-order valence-corrected chi connectivity index (χ3v) is 5.17. The molecule has 1 heterocycles. The van der Waals surface area contributed by atoms with Gasteiger partial charge in [-0.3, -0.25) is 4.79 Å². The first-order valence-electron chi connectivity index (χ1n) is 8.70. The standard InChI is InChI=1S/C22H22N2O2S/c1-22(2,17-7-4-3-5-8-17)18-10-12-19(13-11-18)26-16-21(25)24-23-15-20-9-6-14-27-20/h3-15H,16H2,1-2H3,(H,24,25). The minimum atomic E-state index is -0.295. The molecule has 0 aliphatic rings. The molecule has 5 heteroatoms. The first-order chi connectivity index (χ1) is 13.1. The molecule has 3 aromatic rings. The van der Waals surface area contributed by atoms with Crippen LogP contribution in [0.4, 0.5) is 0 Å². The molecule has 27 heavy (non-hydrogen) atoms. The number of benzene rings is 2. The van der Waals surface area contributed by atoms with Gasteiger partial charge in [0, 0.05) is 10.3 Å². The summed E-state index contributed by atoms with van der Waals surface area (Å²) in [6, 6.07) is 22.1. The van der Waals surface area contributed by atoms with Crippen LogP contribution in [0, 0.1) is 0 Å². The third-order valence-electron chi connectivity index (χ3n) is 4.37. The quantitative estimate of drug-likeness (QED) is 0.482. The van der Waals surface area contributed by atoms with Gasteiger partial charge in [0.05, 0.1) is 6.21 Å². The molecule has 0 aliphatic heterocycles. The van der Waals surface area contributed by atoms with Gasteiger partial charge in [0.2, 0.25) is 0 Å². The first-order valence-corrected chi connectivity index (χ1v) is 9.58. The summed E-state index contributed by atoms with van der Waals surface area (Å²) < 4.78 is 5.55. The number of carbonyl (C=O) groups excluding carboxylic acids is 1. The molecule has 3 rings (SSSR count). The Morgan fingerprint density at radius 1 is 1.04 bits per heavy atom. The molecule has 0 radical (unpaired) electrons. The Morgan fingerprint density at radius 3 is 2.41 bits per heavy atom. The van der Waals surface area contributed by atoms with Gasteiger partial charge in [-0.05, 0) is 34.7 Å². The maximum atomic E-state index is 11.8. The largest absolute Gasteiger partial charge is 0.484 e. The van der Waals surface area contributed by atoms with Crippen molar-refractivity contribution in [1.82, 2.24) is 5.43 Å². The molecule has 4 nitrogen and oxygen atoms in total. The number of thiophene rings is 1. The molecule has 0 saturated heterocycles. The van der Waals surface area contributed by atoms with E-state index in [2.05, 4.69) is 36.5 Å². The van der Waals surface area contributed by atoms with E-state index < -0.39 is 0 Å². The van der Waals surface area contributed by atoms with Gasteiger partial charge in [-0.15, -0.1) is 11.3 Å². The molecule has 0 bridgehead atoms. The average Bonchev–Trinajstić information content (AvgIpc) is 3.21. The number of hydrogen-bond acceptors (Lipinski definition) is 4. The third kappa shape index (κ3) is 5.05. The summed E-state index contributed by atoms with van der Waals surface area (Å²) in [6.45, 7) is 4.30. The maximum absolute atomic E-state index is 11.8. The molecule has 2 aromatic carbocycles. The number of ether oxygens (including phenoxy) is 1. The number of hydrazone groups is 1. The molecular formula is C22H22N2O2S. The lowest BCUT2D eigenvalue weighted by Crippen LogP contribution is -2.24. The van der Waals surface area contributed by atoms with E-state index in [4.69, 9.17) is 4.74 Å². The molecule has 0 unspecified atom stereocenters. The molecule has 0 spiro atoms. The number of nitrogens with zero attached hydrogens (tertiary/aromatic N) is 1. The molecule has 138 valence electrons. The van der Waals surface area contributed by atoms with Crippen LogP contribution in [0.15, 0.2) is 77.2 Å². The number of carbonyl (C=O) groups is 1. The second-order valence-electron chi connectivity index (χ2n) is 6.61. The van der Waals surface area contributed by atoms with Crippen molar-refractivity contribution in [2.75, 3.05) is 6.61 Å². The van der Waals surface area contributed by atoms with Crippen LogP contribution in [0.2, 0.25) is 0 Å². The molecule has 0 saturated carbocycles. The van der Waals surface area contributed by atoms with Crippen LogP contribution in [-0.4, -0.2) is 18.7 Å². The van der Waals surface area contributed by atoms with E-state index in [0.29, 0.717) is 5.75 Å². The van der Waals surface area contributed by atoms with Crippen molar-refractivity contribution >= 4 is 23.5 Å². The summed E-state index contributed by atoms with van der Waals surface area (Å²) in [5.41, 5.74) is 4.79. The number of hydrogen-bond donors (Lipinski definition) is 1.